The summed E-state index contributed by atoms with van der Waals surface area (Å²) in [6.45, 7) is 11.6. The number of fused-ring (bicyclic) bond motifs is 6. The summed E-state index contributed by atoms with van der Waals surface area (Å²) >= 11 is 0. The zero-order chi connectivity index (χ0) is 18.5. The molecule has 1 heterocycles. The van der Waals surface area contributed by atoms with E-state index in [0.717, 1.165) is 25.0 Å². The van der Waals surface area contributed by atoms with Crippen molar-refractivity contribution in [3.05, 3.63) is 29.2 Å². The highest BCUT2D eigenvalue weighted by molar-refractivity contribution is 5.44. The third-order valence-electron chi connectivity index (χ3n) is 9.47. The van der Waals surface area contributed by atoms with Crippen molar-refractivity contribution in [2.75, 3.05) is 0 Å². The first-order valence-electron chi connectivity index (χ1n) is 10.5. The third kappa shape index (κ3) is 1.81. The molecule has 4 aliphatic carbocycles. The maximum atomic E-state index is 11.1. The molecule has 0 radical (unpaired) electrons. The first kappa shape index (κ1) is 17.0. The topological polar surface area (TPSA) is 46.3 Å². The van der Waals surface area contributed by atoms with E-state index in [1.807, 2.05) is 6.20 Å². The van der Waals surface area contributed by atoms with Gasteiger partial charge in [0.25, 0.3) is 0 Å². The summed E-state index contributed by atoms with van der Waals surface area (Å²) in [7, 11) is 0. The number of hydrogen-bond donors (Lipinski definition) is 1. The van der Waals surface area contributed by atoms with E-state index in [4.69, 9.17) is 4.52 Å². The molecular formula is C23H33NO2. The number of nitrogens with zero attached hydrogens (tertiary/aromatic N) is 1. The number of aromatic nitrogens is 1. The van der Waals surface area contributed by atoms with E-state index in [9.17, 15) is 5.11 Å². The Morgan fingerprint density at radius 3 is 2.58 bits per heavy atom. The summed E-state index contributed by atoms with van der Waals surface area (Å²) in [5.74, 6) is 3.13. The minimum absolute atomic E-state index is 0.0638. The summed E-state index contributed by atoms with van der Waals surface area (Å²) in [6, 6.07) is 0. The molecule has 1 N–H and O–H groups in total. The molecule has 6 atom stereocenters. The van der Waals surface area contributed by atoms with Gasteiger partial charge in [-0.2, -0.15) is 0 Å². The van der Waals surface area contributed by atoms with Crippen LogP contribution in [0, 0.1) is 28.6 Å². The van der Waals surface area contributed by atoms with Gasteiger partial charge in [-0.1, -0.05) is 30.7 Å². The zero-order valence-corrected chi connectivity index (χ0v) is 16.9. The van der Waals surface area contributed by atoms with Crippen LogP contribution >= 0.6 is 0 Å². The first-order valence-corrected chi connectivity index (χ1v) is 10.5. The second kappa shape index (κ2) is 4.84. The largest absolute Gasteiger partial charge is 0.390 e. The Kier molecular flexibility index (Phi) is 3.17. The molecule has 26 heavy (non-hydrogen) atoms. The van der Waals surface area contributed by atoms with Crippen LogP contribution < -0.4 is 0 Å². The average Bonchev–Trinajstić information content (AvgIpc) is 3.10. The lowest BCUT2D eigenvalue weighted by Crippen LogP contribution is -2.55. The highest BCUT2D eigenvalue weighted by atomic mass is 16.5. The van der Waals surface area contributed by atoms with Gasteiger partial charge in [0.1, 0.15) is 5.76 Å². The van der Waals surface area contributed by atoms with Gasteiger partial charge in [-0.3, -0.25) is 0 Å². The maximum absolute atomic E-state index is 11.1. The summed E-state index contributed by atoms with van der Waals surface area (Å²) in [5.41, 5.74) is 2.60. The highest BCUT2D eigenvalue weighted by Gasteiger charge is 2.63. The monoisotopic (exact) mass is 355 g/mol. The van der Waals surface area contributed by atoms with Gasteiger partial charge < -0.3 is 9.63 Å². The summed E-state index contributed by atoms with van der Waals surface area (Å²) in [6.07, 6.45) is 11.3. The van der Waals surface area contributed by atoms with Crippen LogP contribution in [0.4, 0.5) is 0 Å². The zero-order valence-electron chi connectivity index (χ0n) is 16.9. The first-order chi connectivity index (χ1) is 12.1. The average molecular weight is 356 g/mol. The molecule has 3 nitrogen and oxygen atoms in total. The van der Waals surface area contributed by atoms with Crippen molar-refractivity contribution in [1.29, 1.82) is 0 Å². The van der Waals surface area contributed by atoms with Crippen LogP contribution in [0.25, 0.3) is 0 Å². The Hall–Kier alpha value is -1.09. The maximum Gasteiger partial charge on any atom is 0.149 e. The van der Waals surface area contributed by atoms with E-state index >= 15 is 0 Å². The Morgan fingerprint density at radius 2 is 1.81 bits per heavy atom. The molecule has 142 valence electrons. The molecule has 0 aromatic carbocycles. The quantitative estimate of drug-likeness (QED) is 0.663. The fourth-order valence-electron chi connectivity index (χ4n) is 7.95. The van der Waals surface area contributed by atoms with Gasteiger partial charge >= 0.3 is 0 Å². The molecule has 4 aliphatic rings. The highest BCUT2D eigenvalue weighted by Crippen LogP contribution is 2.68. The van der Waals surface area contributed by atoms with E-state index in [2.05, 4.69) is 45.9 Å². The van der Waals surface area contributed by atoms with Crippen molar-refractivity contribution >= 4 is 0 Å². The van der Waals surface area contributed by atoms with Crippen molar-refractivity contribution in [3.63, 3.8) is 0 Å². The van der Waals surface area contributed by atoms with Crippen molar-refractivity contribution in [3.8, 4) is 0 Å². The molecule has 3 heteroatoms. The van der Waals surface area contributed by atoms with Crippen LogP contribution in [0.15, 0.2) is 22.4 Å². The van der Waals surface area contributed by atoms with Gasteiger partial charge in [0.05, 0.1) is 11.8 Å². The molecule has 0 aliphatic heterocycles. The summed E-state index contributed by atoms with van der Waals surface area (Å²) < 4.78 is 5.69. The normalized spacial score (nSPS) is 48.8. The summed E-state index contributed by atoms with van der Waals surface area (Å²) in [5, 5.41) is 15.2. The minimum Gasteiger partial charge on any atom is -0.390 e. The molecule has 0 amide bonds. The molecule has 2 saturated carbocycles. The molecule has 0 spiro atoms. The van der Waals surface area contributed by atoms with Crippen LogP contribution in [-0.4, -0.2) is 15.9 Å². The Morgan fingerprint density at radius 1 is 1.08 bits per heavy atom. The van der Waals surface area contributed by atoms with Crippen molar-refractivity contribution in [1.82, 2.24) is 5.16 Å². The van der Waals surface area contributed by atoms with Gasteiger partial charge in [-0.15, -0.1) is 0 Å². The van der Waals surface area contributed by atoms with Gasteiger partial charge in [0.15, 0.2) is 0 Å². The van der Waals surface area contributed by atoms with Crippen LogP contribution in [0.2, 0.25) is 0 Å². The lowest BCUT2D eigenvalue weighted by molar-refractivity contribution is -0.113. The lowest BCUT2D eigenvalue weighted by atomic mass is 9.44. The number of aliphatic hydroxyl groups is 1. The lowest BCUT2D eigenvalue weighted by Gasteiger charge is -2.60. The number of rotatable bonds is 0. The van der Waals surface area contributed by atoms with E-state index in [1.54, 1.807) is 5.57 Å². The van der Waals surface area contributed by atoms with Crippen LogP contribution in [-0.2, 0) is 11.8 Å². The van der Waals surface area contributed by atoms with E-state index < -0.39 is 5.60 Å². The van der Waals surface area contributed by atoms with E-state index in [0.29, 0.717) is 17.8 Å². The Balaban J connectivity index is 1.60. The molecule has 1 aromatic heterocycles. The fraction of sp³-hybridized carbons (Fsp3) is 0.783. The number of allylic oxidation sites excluding steroid dienone is 2. The smallest absolute Gasteiger partial charge is 0.149 e. The molecule has 5 rings (SSSR count). The Bertz CT molecular complexity index is 788. The second-order valence-corrected chi connectivity index (χ2v) is 10.9. The van der Waals surface area contributed by atoms with Crippen molar-refractivity contribution in [2.24, 2.45) is 28.6 Å². The molecule has 1 aromatic rings. The van der Waals surface area contributed by atoms with Gasteiger partial charge in [-0.05, 0) is 87.9 Å². The van der Waals surface area contributed by atoms with Crippen molar-refractivity contribution in [2.45, 2.75) is 84.2 Å². The molecule has 0 bridgehead atoms. The van der Waals surface area contributed by atoms with Crippen LogP contribution in [0.5, 0.6) is 0 Å². The second-order valence-electron chi connectivity index (χ2n) is 10.9. The molecular weight excluding hydrogens is 322 g/mol. The van der Waals surface area contributed by atoms with Crippen LogP contribution in [0.3, 0.4) is 0 Å². The fourth-order valence-corrected chi connectivity index (χ4v) is 7.95. The van der Waals surface area contributed by atoms with Gasteiger partial charge in [0, 0.05) is 11.0 Å². The summed E-state index contributed by atoms with van der Waals surface area (Å²) in [4.78, 5) is 0. The third-order valence-corrected chi connectivity index (χ3v) is 9.47. The predicted octanol–water partition coefficient (Wildman–Crippen LogP) is 5.04. The predicted molar refractivity (Wildman–Crippen MR) is 102 cm³/mol. The van der Waals surface area contributed by atoms with E-state index in [1.165, 1.54) is 24.8 Å². The number of hydrogen-bond acceptors (Lipinski definition) is 3. The SMILES string of the molecule is CC1(C)C2=CC[C@H]3[C@H]4CC[C@@](C)(O)[C@]4(C)CC[C@@H]3[C@]2(C)Cc2cnoc21. The molecule has 2 fully saturated rings. The van der Waals surface area contributed by atoms with Gasteiger partial charge in [-0.25, -0.2) is 0 Å². The Labute approximate surface area is 157 Å². The van der Waals surface area contributed by atoms with Crippen LogP contribution in [0.1, 0.15) is 78.0 Å². The molecule has 0 saturated heterocycles. The molecule has 0 unspecified atom stereocenters. The van der Waals surface area contributed by atoms with E-state index in [-0.39, 0.29) is 16.2 Å². The van der Waals surface area contributed by atoms with Crippen molar-refractivity contribution < 1.29 is 9.63 Å². The minimum atomic E-state index is -0.499. The van der Waals surface area contributed by atoms with Gasteiger partial charge in [0.2, 0.25) is 0 Å². The standard InChI is InChI=1S/C23H33NO2/c1-20(2)18-7-6-15-16(21(18,3)12-14-13-24-26-19(14)20)8-10-22(4)17(15)9-11-23(22,5)25/h7,13,15-17,25H,6,8-12H2,1-5H3/t15-,16+,17-,21+,22-,23-/m1/s1.